The van der Waals surface area contributed by atoms with E-state index in [1.165, 1.54) is 0 Å². The highest BCUT2D eigenvalue weighted by molar-refractivity contribution is 5.26. The van der Waals surface area contributed by atoms with Crippen molar-refractivity contribution in [2.75, 3.05) is 6.61 Å². The molecule has 96 valence electrons. The van der Waals surface area contributed by atoms with Gasteiger partial charge in [0.05, 0.1) is 12.7 Å². The van der Waals surface area contributed by atoms with Gasteiger partial charge in [-0.15, -0.1) is 6.42 Å². The van der Waals surface area contributed by atoms with E-state index < -0.39 is 29.7 Å². The van der Waals surface area contributed by atoms with Gasteiger partial charge < -0.3 is 19.9 Å². The molecule has 1 aliphatic rings. The predicted molar refractivity (Wildman–Crippen MR) is 60.9 cm³/mol. The van der Waals surface area contributed by atoms with Gasteiger partial charge in [0.2, 0.25) is 0 Å². The van der Waals surface area contributed by atoms with Gasteiger partial charge in [0.1, 0.15) is 17.9 Å². The molecule has 2 rings (SSSR count). The summed E-state index contributed by atoms with van der Waals surface area (Å²) in [5.41, 5.74) is -1.33. The molecule has 7 heteroatoms. The lowest BCUT2D eigenvalue weighted by atomic mass is 10.2. The molecule has 1 unspecified atom stereocenters. The number of aliphatic hydroxyl groups excluding tert-OH is 2. The Kier molecular flexibility index (Phi) is 3.34. The molecule has 1 aliphatic heterocycles. The van der Waals surface area contributed by atoms with Crippen LogP contribution in [0, 0.1) is 12.3 Å². The van der Waals surface area contributed by atoms with Gasteiger partial charge in [0.25, 0.3) is 5.56 Å². The minimum Gasteiger partial charge on any atom is -0.394 e. The van der Waals surface area contributed by atoms with Crippen molar-refractivity contribution >= 4 is 0 Å². The van der Waals surface area contributed by atoms with Crippen LogP contribution in [0.15, 0.2) is 15.8 Å². The molecule has 0 aromatic carbocycles. The topological polar surface area (TPSA) is 105 Å². The van der Waals surface area contributed by atoms with Crippen molar-refractivity contribution in [1.29, 1.82) is 0 Å². The number of aromatic amines is 1. The van der Waals surface area contributed by atoms with Gasteiger partial charge >= 0.3 is 5.69 Å². The van der Waals surface area contributed by atoms with Crippen LogP contribution >= 0.6 is 0 Å². The smallest absolute Gasteiger partial charge is 0.330 e. The molecule has 3 atom stereocenters. The van der Waals surface area contributed by atoms with Crippen LogP contribution in [0.3, 0.4) is 0 Å². The van der Waals surface area contributed by atoms with Gasteiger partial charge in [0, 0.05) is 12.6 Å². The summed E-state index contributed by atoms with van der Waals surface area (Å²) in [6.45, 7) is -0.390. The van der Waals surface area contributed by atoms with Gasteiger partial charge in [-0.2, -0.15) is 0 Å². The summed E-state index contributed by atoms with van der Waals surface area (Å²) in [6.07, 6.45) is 3.66. The van der Waals surface area contributed by atoms with E-state index in [1.807, 2.05) is 0 Å². The van der Waals surface area contributed by atoms with Crippen molar-refractivity contribution in [3.8, 4) is 12.3 Å². The summed E-state index contributed by atoms with van der Waals surface area (Å²) in [4.78, 5) is 25.8. The first-order chi connectivity index (χ1) is 8.58. The molecule has 2 heterocycles. The second kappa shape index (κ2) is 4.78. The third-order valence-electron chi connectivity index (χ3n) is 2.84. The molecular formula is C11H12N2O5. The molecule has 1 aromatic heterocycles. The lowest BCUT2D eigenvalue weighted by molar-refractivity contribution is -0.0469. The molecule has 3 N–H and O–H groups in total. The molecule has 1 fully saturated rings. The van der Waals surface area contributed by atoms with Crippen LogP contribution in [-0.4, -0.2) is 38.6 Å². The highest BCUT2D eigenvalue weighted by Crippen LogP contribution is 2.26. The normalized spacial score (nSPS) is 27.1. The summed E-state index contributed by atoms with van der Waals surface area (Å²) < 4.78 is 6.06. The Morgan fingerprint density at radius 2 is 2.33 bits per heavy atom. The summed E-state index contributed by atoms with van der Waals surface area (Å²) in [6, 6.07) is 0. The average Bonchev–Trinajstić information content (AvgIpc) is 2.70. The first-order valence-electron chi connectivity index (χ1n) is 5.33. The fourth-order valence-electron chi connectivity index (χ4n) is 1.89. The van der Waals surface area contributed by atoms with E-state index in [2.05, 4.69) is 10.9 Å². The third-order valence-corrected chi connectivity index (χ3v) is 2.84. The Bertz CT molecular complexity index is 597. The zero-order valence-electron chi connectivity index (χ0n) is 9.37. The molecule has 0 bridgehead atoms. The van der Waals surface area contributed by atoms with Crippen molar-refractivity contribution in [2.45, 2.75) is 24.9 Å². The van der Waals surface area contributed by atoms with E-state index in [0.717, 1.165) is 10.8 Å². The molecule has 0 saturated carbocycles. The van der Waals surface area contributed by atoms with Crippen molar-refractivity contribution in [2.24, 2.45) is 0 Å². The van der Waals surface area contributed by atoms with Crippen LogP contribution in [-0.2, 0) is 4.74 Å². The molecular weight excluding hydrogens is 240 g/mol. The van der Waals surface area contributed by atoms with E-state index in [1.54, 1.807) is 0 Å². The fourth-order valence-corrected chi connectivity index (χ4v) is 1.89. The lowest BCUT2D eigenvalue weighted by Crippen LogP contribution is -2.39. The SMILES string of the molecule is C#Cc1c[nH]c(=O)n([C@H]2CC(O)[C@@H](CO)O2)c1=O. The zero-order valence-corrected chi connectivity index (χ0v) is 9.37. The van der Waals surface area contributed by atoms with E-state index in [0.29, 0.717) is 0 Å². The number of H-pyrrole nitrogens is 1. The predicted octanol–water partition coefficient (Wildman–Crippen LogP) is -1.84. The molecule has 18 heavy (non-hydrogen) atoms. The van der Waals surface area contributed by atoms with Crippen LogP contribution in [0.25, 0.3) is 0 Å². The maximum Gasteiger partial charge on any atom is 0.330 e. The van der Waals surface area contributed by atoms with Crippen LogP contribution < -0.4 is 11.2 Å². The number of aliphatic hydroxyl groups is 2. The van der Waals surface area contributed by atoms with Crippen LogP contribution in [0.4, 0.5) is 0 Å². The number of hydrogen-bond donors (Lipinski definition) is 3. The van der Waals surface area contributed by atoms with Crippen molar-refractivity contribution in [3.05, 3.63) is 32.6 Å². The second-order valence-corrected chi connectivity index (χ2v) is 3.94. The van der Waals surface area contributed by atoms with Gasteiger partial charge in [-0.1, -0.05) is 5.92 Å². The highest BCUT2D eigenvalue weighted by Gasteiger charge is 2.36. The highest BCUT2D eigenvalue weighted by atomic mass is 16.5. The van der Waals surface area contributed by atoms with Crippen LogP contribution in [0.2, 0.25) is 0 Å². The van der Waals surface area contributed by atoms with Gasteiger partial charge in [-0.3, -0.25) is 4.79 Å². The summed E-state index contributed by atoms with van der Waals surface area (Å²) in [7, 11) is 0. The van der Waals surface area contributed by atoms with E-state index in [9.17, 15) is 14.7 Å². The largest absolute Gasteiger partial charge is 0.394 e. The number of nitrogens with zero attached hydrogens (tertiary/aromatic N) is 1. The molecule has 7 nitrogen and oxygen atoms in total. The van der Waals surface area contributed by atoms with Crippen molar-refractivity contribution in [3.63, 3.8) is 0 Å². The van der Waals surface area contributed by atoms with Crippen LogP contribution in [0.5, 0.6) is 0 Å². The number of rotatable bonds is 2. The molecule has 1 aromatic rings. The summed E-state index contributed by atoms with van der Waals surface area (Å²) in [5, 5.41) is 18.5. The number of terminal acetylenes is 1. The molecule has 0 spiro atoms. The van der Waals surface area contributed by atoms with E-state index in [-0.39, 0.29) is 18.6 Å². The van der Waals surface area contributed by atoms with E-state index in [4.69, 9.17) is 16.3 Å². The molecule has 1 saturated heterocycles. The van der Waals surface area contributed by atoms with Crippen molar-refractivity contribution in [1.82, 2.24) is 9.55 Å². The standard InChI is InChI=1S/C11H12N2O5/c1-2-6-4-12-11(17)13(10(6)16)9-3-7(15)8(5-14)18-9/h1,4,7-9,14-15H,3,5H2,(H,12,17)/t7?,8-,9-/m1/s1. The first-order valence-corrected chi connectivity index (χ1v) is 5.33. The lowest BCUT2D eigenvalue weighted by Gasteiger charge is -2.13. The number of ether oxygens (including phenoxy) is 1. The zero-order chi connectivity index (χ0) is 13.3. The Morgan fingerprint density at radius 3 is 2.89 bits per heavy atom. The third kappa shape index (κ3) is 1.97. The quantitative estimate of drug-likeness (QED) is 0.536. The van der Waals surface area contributed by atoms with E-state index >= 15 is 0 Å². The number of nitrogens with one attached hydrogen (secondary N) is 1. The average molecular weight is 252 g/mol. The number of aromatic nitrogens is 2. The Morgan fingerprint density at radius 1 is 1.61 bits per heavy atom. The van der Waals surface area contributed by atoms with Crippen LogP contribution in [0.1, 0.15) is 18.2 Å². The Hall–Kier alpha value is -1.88. The Labute approximate surface area is 102 Å². The molecule has 0 amide bonds. The summed E-state index contributed by atoms with van der Waals surface area (Å²) in [5.74, 6) is 2.15. The minimum atomic E-state index is -0.930. The maximum absolute atomic E-state index is 11.9. The summed E-state index contributed by atoms with van der Waals surface area (Å²) >= 11 is 0. The van der Waals surface area contributed by atoms with Gasteiger partial charge in [-0.25, -0.2) is 9.36 Å². The van der Waals surface area contributed by atoms with Gasteiger partial charge in [-0.05, 0) is 0 Å². The monoisotopic (exact) mass is 252 g/mol. The number of hydrogen-bond acceptors (Lipinski definition) is 5. The maximum atomic E-state index is 11.9. The first kappa shape index (κ1) is 12.6. The Balaban J connectivity index is 2.45. The van der Waals surface area contributed by atoms with Gasteiger partial charge in [0.15, 0.2) is 0 Å². The second-order valence-electron chi connectivity index (χ2n) is 3.94. The molecule has 0 aliphatic carbocycles. The van der Waals surface area contributed by atoms with Crippen molar-refractivity contribution < 1.29 is 14.9 Å². The minimum absolute atomic E-state index is 0.000128. The fraction of sp³-hybridized carbons (Fsp3) is 0.455. The molecule has 0 radical (unpaired) electrons.